The normalized spacial score (nSPS) is 12.7. The van der Waals surface area contributed by atoms with Crippen LogP contribution in [-0.2, 0) is 21.5 Å². The maximum absolute atomic E-state index is 13.3. The second kappa shape index (κ2) is 11.6. The Kier molecular flexibility index (Phi) is 10.3. The van der Waals surface area contributed by atoms with Gasteiger partial charge in [-0.1, -0.05) is 33.8 Å². The first-order chi connectivity index (χ1) is 12.3. The van der Waals surface area contributed by atoms with Gasteiger partial charge >= 0.3 is 0 Å². The number of hydrogen-bond acceptors (Lipinski definition) is 4. The molecule has 0 bridgehead atoms. The standard InChI is InChI=1S/C19H35N3O3S/c1-17(2)8-11-21(12-9-18(3)4)26(23,24)22(13-14-25-5)16-19-7-6-10-20-15-19/h6-7,10,15,17-18H,8-9,11-14,16H2,1-5H3. The summed E-state index contributed by atoms with van der Waals surface area (Å²) in [7, 11) is -1.98. The molecule has 150 valence electrons. The fourth-order valence-electron chi connectivity index (χ4n) is 2.47. The van der Waals surface area contributed by atoms with E-state index in [1.807, 2.05) is 12.1 Å². The number of pyridine rings is 1. The highest BCUT2D eigenvalue weighted by molar-refractivity contribution is 7.86. The Morgan fingerprint density at radius 2 is 1.65 bits per heavy atom. The van der Waals surface area contributed by atoms with Gasteiger partial charge in [0.05, 0.1) is 6.61 Å². The van der Waals surface area contributed by atoms with Crippen LogP contribution in [-0.4, -0.2) is 55.4 Å². The van der Waals surface area contributed by atoms with Gasteiger partial charge in [0.2, 0.25) is 0 Å². The minimum Gasteiger partial charge on any atom is -0.383 e. The molecule has 0 saturated carbocycles. The predicted octanol–water partition coefficient (Wildman–Crippen LogP) is 3.17. The van der Waals surface area contributed by atoms with Crippen LogP contribution in [0.2, 0.25) is 0 Å². The minimum atomic E-state index is -3.57. The van der Waals surface area contributed by atoms with E-state index < -0.39 is 10.2 Å². The molecule has 0 N–H and O–H groups in total. The third kappa shape index (κ3) is 8.12. The summed E-state index contributed by atoms with van der Waals surface area (Å²) in [5.41, 5.74) is 0.875. The second-order valence-corrected chi connectivity index (χ2v) is 9.39. The van der Waals surface area contributed by atoms with Crippen LogP contribution in [0.15, 0.2) is 24.5 Å². The van der Waals surface area contributed by atoms with Gasteiger partial charge in [-0.15, -0.1) is 0 Å². The van der Waals surface area contributed by atoms with E-state index in [9.17, 15) is 8.42 Å². The van der Waals surface area contributed by atoms with Gasteiger partial charge in [-0.3, -0.25) is 4.98 Å². The Morgan fingerprint density at radius 3 is 2.12 bits per heavy atom. The van der Waals surface area contributed by atoms with Crippen LogP contribution in [0, 0.1) is 11.8 Å². The zero-order chi connectivity index (χ0) is 19.6. The lowest BCUT2D eigenvalue weighted by atomic mass is 10.1. The van der Waals surface area contributed by atoms with Crippen LogP contribution in [0.3, 0.4) is 0 Å². The Labute approximate surface area is 159 Å². The Hall–Kier alpha value is -1.02. The Bertz CT molecular complexity index is 579. The van der Waals surface area contributed by atoms with Gasteiger partial charge in [0.1, 0.15) is 0 Å². The highest BCUT2D eigenvalue weighted by atomic mass is 32.2. The molecule has 0 atom stereocenters. The molecule has 0 aliphatic rings. The van der Waals surface area contributed by atoms with E-state index in [2.05, 4.69) is 32.7 Å². The zero-order valence-electron chi connectivity index (χ0n) is 16.9. The van der Waals surface area contributed by atoms with Crippen molar-refractivity contribution in [1.29, 1.82) is 0 Å². The van der Waals surface area contributed by atoms with E-state index >= 15 is 0 Å². The van der Waals surface area contributed by atoms with Gasteiger partial charge in [0.15, 0.2) is 0 Å². The highest BCUT2D eigenvalue weighted by Gasteiger charge is 2.29. The molecule has 0 aromatic carbocycles. The summed E-state index contributed by atoms with van der Waals surface area (Å²) in [4.78, 5) is 4.10. The van der Waals surface area contributed by atoms with Crippen LogP contribution in [0.1, 0.15) is 46.1 Å². The summed E-state index contributed by atoms with van der Waals surface area (Å²) in [6.45, 7) is 10.6. The van der Waals surface area contributed by atoms with Crippen molar-refractivity contribution in [3.05, 3.63) is 30.1 Å². The maximum atomic E-state index is 13.3. The van der Waals surface area contributed by atoms with E-state index in [0.29, 0.717) is 44.6 Å². The molecule has 26 heavy (non-hydrogen) atoms. The Morgan fingerprint density at radius 1 is 1.04 bits per heavy atom. The van der Waals surface area contributed by atoms with Crippen molar-refractivity contribution in [3.8, 4) is 0 Å². The first kappa shape index (κ1) is 23.0. The van der Waals surface area contributed by atoms with Crippen LogP contribution >= 0.6 is 0 Å². The molecule has 0 amide bonds. The molecule has 0 aliphatic carbocycles. The fourth-order valence-corrected chi connectivity index (χ4v) is 4.09. The van der Waals surface area contributed by atoms with Crippen molar-refractivity contribution in [2.75, 3.05) is 33.4 Å². The highest BCUT2D eigenvalue weighted by Crippen LogP contribution is 2.17. The number of aromatic nitrogens is 1. The van der Waals surface area contributed by atoms with Crippen LogP contribution in [0.25, 0.3) is 0 Å². The molecule has 1 aromatic rings. The van der Waals surface area contributed by atoms with Gasteiger partial charge in [-0.25, -0.2) is 0 Å². The zero-order valence-corrected chi connectivity index (χ0v) is 17.7. The van der Waals surface area contributed by atoms with Gasteiger partial charge in [0.25, 0.3) is 10.2 Å². The van der Waals surface area contributed by atoms with E-state index in [1.54, 1.807) is 23.8 Å². The van der Waals surface area contributed by atoms with Gasteiger partial charge < -0.3 is 4.74 Å². The molecule has 0 radical (unpaired) electrons. The van der Waals surface area contributed by atoms with E-state index in [0.717, 1.165) is 18.4 Å². The molecule has 6 nitrogen and oxygen atoms in total. The van der Waals surface area contributed by atoms with Crippen molar-refractivity contribution in [2.24, 2.45) is 11.8 Å². The molecule has 7 heteroatoms. The SMILES string of the molecule is COCCN(Cc1cccnc1)S(=O)(=O)N(CCC(C)C)CCC(C)C. The van der Waals surface area contributed by atoms with Crippen molar-refractivity contribution in [3.63, 3.8) is 0 Å². The van der Waals surface area contributed by atoms with Crippen LogP contribution in [0.4, 0.5) is 0 Å². The molecule has 1 rings (SSSR count). The first-order valence-electron chi connectivity index (χ1n) is 9.40. The summed E-state index contributed by atoms with van der Waals surface area (Å²) in [6.07, 6.45) is 5.10. The number of hydrogen-bond donors (Lipinski definition) is 0. The van der Waals surface area contributed by atoms with Crippen molar-refractivity contribution >= 4 is 10.2 Å². The summed E-state index contributed by atoms with van der Waals surface area (Å²) < 4.78 is 35.0. The third-order valence-corrected chi connectivity index (χ3v) is 6.17. The topological polar surface area (TPSA) is 62.7 Å². The lowest BCUT2D eigenvalue weighted by Gasteiger charge is -2.31. The maximum Gasteiger partial charge on any atom is 0.282 e. The monoisotopic (exact) mass is 385 g/mol. The van der Waals surface area contributed by atoms with Gasteiger partial charge in [-0.2, -0.15) is 17.0 Å². The van der Waals surface area contributed by atoms with Crippen molar-refractivity contribution < 1.29 is 13.2 Å². The summed E-state index contributed by atoms with van der Waals surface area (Å²) in [5, 5.41) is 0. The smallest absolute Gasteiger partial charge is 0.282 e. The molecule has 0 saturated heterocycles. The Balaban J connectivity index is 3.01. The van der Waals surface area contributed by atoms with Gasteiger partial charge in [0, 0.05) is 45.7 Å². The van der Waals surface area contributed by atoms with E-state index in [4.69, 9.17) is 4.74 Å². The summed E-state index contributed by atoms with van der Waals surface area (Å²) in [6, 6.07) is 3.72. The molecule has 0 fully saturated rings. The lowest BCUT2D eigenvalue weighted by Crippen LogP contribution is -2.46. The van der Waals surface area contributed by atoms with Crippen LogP contribution < -0.4 is 0 Å². The van der Waals surface area contributed by atoms with Crippen molar-refractivity contribution in [2.45, 2.75) is 47.1 Å². The number of ether oxygens (including phenoxy) is 1. The van der Waals surface area contributed by atoms with Crippen molar-refractivity contribution in [1.82, 2.24) is 13.6 Å². The predicted molar refractivity (Wildman–Crippen MR) is 106 cm³/mol. The largest absolute Gasteiger partial charge is 0.383 e. The average Bonchev–Trinajstić information content (AvgIpc) is 2.58. The fraction of sp³-hybridized carbons (Fsp3) is 0.737. The number of nitrogens with zero attached hydrogens (tertiary/aromatic N) is 3. The van der Waals surface area contributed by atoms with E-state index in [1.165, 1.54) is 4.31 Å². The van der Waals surface area contributed by atoms with Gasteiger partial charge in [-0.05, 0) is 36.3 Å². The summed E-state index contributed by atoms with van der Waals surface area (Å²) in [5.74, 6) is 0.912. The molecule has 1 aromatic heterocycles. The molecule has 0 aliphatic heterocycles. The molecule has 1 heterocycles. The molecular formula is C19H35N3O3S. The first-order valence-corrected chi connectivity index (χ1v) is 10.8. The quantitative estimate of drug-likeness (QED) is 0.523. The third-order valence-electron chi connectivity index (χ3n) is 4.19. The molecular weight excluding hydrogens is 350 g/mol. The molecule has 0 unspecified atom stereocenters. The lowest BCUT2D eigenvalue weighted by molar-refractivity contribution is 0.173. The number of methoxy groups -OCH3 is 1. The van der Waals surface area contributed by atoms with Crippen LogP contribution in [0.5, 0.6) is 0 Å². The number of rotatable bonds is 13. The molecule has 0 spiro atoms. The van der Waals surface area contributed by atoms with E-state index in [-0.39, 0.29) is 0 Å². The average molecular weight is 386 g/mol. The second-order valence-electron chi connectivity index (χ2n) is 7.46. The minimum absolute atomic E-state index is 0.305. The summed E-state index contributed by atoms with van der Waals surface area (Å²) >= 11 is 0.